The van der Waals surface area contributed by atoms with E-state index in [0.717, 1.165) is 4.90 Å². The van der Waals surface area contributed by atoms with Crippen LogP contribution in [0.4, 0.5) is 0 Å². The molecule has 2 amide bonds. The monoisotopic (exact) mass is 356 g/mol. The standard InChI is InChI=1S/C15H20N2O4S2/c1-2-16-14(18)9-17-15(19)12-5-3-4-6-13(12)22-11-7-8-23(20,21)10-11/h3-6,11H,2,7-10H2,1H3,(H,16,18)(H,17,19)/t11-/m1/s1. The number of hydrogen-bond acceptors (Lipinski definition) is 5. The number of likely N-dealkylation sites (N-methyl/N-ethyl adjacent to an activating group) is 1. The molecule has 6 nitrogen and oxygen atoms in total. The molecule has 0 saturated carbocycles. The Morgan fingerprint density at radius 2 is 2.00 bits per heavy atom. The van der Waals surface area contributed by atoms with Crippen LogP contribution in [-0.2, 0) is 14.6 Å². The zero-order valence-electron chi connectivity index (χ0n) is 12.9. The lowest BCUT2D eigenvalue weighted by Gasteiger charge is -2.12. The van der Waals surface area contributed by atoms with Gasteiger partial charge in [0.2, 0.25) is 5.91 Å². The number of thioether (sulfide) groups is 1. The van der Waals surface area contributed by atoms with E-state index in [2.05, 4.69) is 10.6 Å². The van der Waals surface area contributed by atoms with E-state index in [9.17, 15) is 18.0 Å². The largest absolute Gasteiger partial charge is 0.355 e. The first-order chi connectivity index (χ1) is 10.9. The number of carbonyl (C=O) groups is 2. The van der Waals surface area contributed by atoms with Crippen LogP contribution < -0.4 is 10.6 Å². The van der Waals surface area contributed by atoms with Gasteiger partial charge in [-0.15, -0.1) is 11.8 Å². The van der Waals surface area contributed by atoms with Crippen molar-refractivity contribution in [2.75, 3.05) is 24.6 Å². The Hall–Kier alpha value is -1.54. The molecule has 23 heavy (non-hydrogen) atoms. The second-order valence-corrected chi connectivity index (χ2v) is 8.85. The van der Waals surface area contributed by atoms with Gasteiger partial charge in [0.25, 0.3) is 5.91 Å². The molecule has 126 valence electrons. The Balaban J connectivity index is 2.02. The summed E-state index contributed by atoms with van der Waals surface area (Å²) >= 11 is 1.41. The van der Waals surface area contributed by atoms with Gasteiger partial charge < -0.3 is 10.6 Å². The molecule has 0 radical (unpaired) electrons. The van der Waals surface area contributed by atoms with Crippen molar-refractivity contribution in [1.29, 1.82) is 0 Å². The SMILES string of the molecule is CCNC(=O)CNC(=O)c1ccccc1S[C@@H]1CCS(=O)(=O)C1. The first-order valence-electron chi connectivity index (χ1n) is 7.42. The van der Waals surface area contributed by atoms with Gasteiger partial charge in [-0.05, 0) is 25.5 Å². The number of amides is 2. The number of rotatable bonds is 6. The van der Waals surface area contributed by atoms with Crippen LogP contribution >= 0.6 is 11.8 Å². The van der Waals surface area contributed by atoms with Gasteiger partial charge in [0.1, 0.15) is 0 Å². The highest BCUT2D eigenvalue weighted by Gasteiger charge is 2.29. The number of nitrogens with one attached hydrogen (secondary N) is 2. The van der Waals surface area contributed by atoms with E-state index in [1.165, 1.54) is 11.8 Å². The van der Waals surface area contributed by atoms with Crippen molar-refractivity contribution in [1.82, 2.24) is 10.6 Å². The maximum absolute atomic E-state index is 12.3. The molecule has 1 aromatic rings. The first-order valence-corrected chi connectivity index (χ1v) is 10.1. The quantitative estimate of drug-likeness (QED) is 0.788. The molecule has 1 fully saturated rings. The molecule has 8 heteroatoms. The van der Waals surface area contributed by atoms with Gasteiger partial charge in [-0.25, -0.2) is 8.42 Å². The van der Waals surface area contributed by atoms with E-state index in [1.54, 1.807) is 25.1 Å². The molecule has 1 aliphatic heterocycles. The molecular weight excluding hydrogens is 336 g/mol. The predicted octanol–water partition coefficient (Wildman–Crippen LogP) is 0.832. The van der Waals surface area contributed by atoms with Crippen molar-refractivity contribution in [2.45, 2.75) is 23.5 Å². The third kappa shape index (κ3) is 5.24. The fourth-order valence-corrected chi connectivity index (χ4v) is 5.93. The van der Waals surface area contributed by atoms with E-state index in [4.69, 9.17) is 0 Å². The molecule has 0 aliphatic carbocycles. The van der Waals surface area contributed by atoms with E-state index in [0.29, 0.717) is 18.5 Å². The summed E-state index contributed by atoms with van der Waals surface area (Å²) < 4.78 is 23.1. The highest BCUT2D eigenvalue weighted by molar-refractivity contribution is 8.02. The van der Waals surface area contributed by atoms with Gasteiger partial charge >= 0.3 is 0 Å². The number of sulfone groups is 1. The van der Waals surface area contributed by atoms with Crippen LogP contribution in [0.3, 0.4) is 0 Å². The zero-order chi connectivity index (χ0) is 16.9. The molecule has 2 N–H and O–H groups in total. The van der Waals surface area contributed by atoms with Crippen molar-refractivity contribution >= 4 is 33.4 Å². The molecule has 0 bridgehead atoms. The molecule has 1 saturated heterocycles. The third-order valence-corrected chi connectivity index (χ3v) is 6.72. The predicted molar refractivity (Wildman–Crippen MR) is 90.4 cm³/mol. The minimum Gasteiger partial charge on any atom is -0.355 e. The van der Waals surface area contributed by atoms with Crippen molar-refractivity contribution in [3.05, 3.63) is 29.8 Å². The normalized spacial score (nSPS) is 19.3. The fourth-order valence-electron chi connectivity index (χ4n) is 2.31. The van der Waals surface area contributed by atoms with Crippen LogP contribution in [0.5, 0.6) is 0 Å². The highest BCUT2D eigenvalue weighted by Crippen LogP contribution is 2.32. The zero-order valence-corrected chi connectivity index (χ0v) is 14.5. The number of benzene rings is 1. The summed E-state index contributed by atoms with van der Waals surface area (Å²) in [5.74, 6) is -0.226. The lowest BCUT2D eigenvalue weighted by atomic mass is 10.2. The fraction of sp³-hybridized carbons (Fsp3) is 0.467. The van der Waals surface area contributed by atoms with Crippen molar-refractivity contribution < 1.29 is 18.0 Å². The Morgan fingerprint density at radius 3 is 2.65 bits per heavy atom. The molecule has 0 aromatic heterocycles. The van der Waals surface area contributed by atoms with Crippen LogP contribution in [0.2, 0.25) is 0 Å². The van der Waals surface area contributed by atoms with Gasteiger partial charge in [-0.2, -0.15) is 0 Å². The maximum atomic E-state index is 12.3. The molecule has 1 atom stereocenters. The lowest BCUT2D eigenvalue weighted by Crippen LogP contribution is -2.36. The van der Waals surface area contributed by atoms with Crippen LogP contribution in [0.25, 0.3) is 0 Å². The van der Waals surface area contributed by atoms with Crippen LogP contribution in [0.1, 0.15) is 23.7 Å². The Morgan fingerprint density at radius 1 is 1.26 bits per heavy atom. The molecule has 1 aliphatic rings. The van der Waals surface area contributed by atoms with Crippen LogP contribution in [0.15, 0.2) is 29.2 Å². The number of hydrogen-bond donors (Lipinski definition) is 2. The molecule has 2 rings (SSSR count). The molecule has 0 unspecified atom stereocenters. The summed E-state index contributed by atoms with van der Waals surface area (Å²) in [5.41, 5.74) is 0.464. The van der Waals surface area contributed by atoms with Gasteiger partial charge in [-0.1, -0.05) is 12.1 Å². The topological polar surface area (TPSA) is 92.3 Å². The van der Waals surface area contributed by atoms with Gasteiger partial charge in [0, 0.05) is 16.7 Å². The summed E-state index contributed by atoms with van der Waals surface area (Å²) in [6.07, 6.45) is 0.599. The Labute approximate surface area is 140 Å². The summed E-state index contributed by atoms with van der Waals surface area (Å²) in [4.78, 5) is 24.4. The maximum Gasteiger partial charge on any atom is 0.252 e. The average Bonchev–Trinajstić information content (AvgIpc) is 2.84. The molecule has 1 aromatic carbocycles. The second kappa shape index (κ2) is 7.83. The minimum atomic E-state index is -2.95. The summed E-state index contributed by atoms with van der Waals surface area (Å²) in [6, 6.07) is 7.04. The van der Waals surface area contributed by atoms with Gasteiger partial charge in [-0.3, -0.25) is 9.59 Å². The molecule has 1 heterocycles. The summed E-state index contributed by atoms with van der Waals surface area (Å²) in [5, 5.41) is 5.16. The lowest BCUT2D eigenvalue weighted by molar-refractivity contribution is -0.120. The van der Waals surface area contributed by atoms with Crippen LogP contribution in [-0.4, -0.2) is 50.1 Å². The van der Waals surface area contributed by atoms with E-state index < -0.39 is 9.84 Å². The van der Waals surface area contributed by atoms with Crippen molar-refractivity contribution in [3.63, 3.8) is 0 Å². The Kier molecular flexibility index (Phi) is 6.06. The van der Waals surface area contributed by atoms with E-state index in [1.807, 2.05) is 6.07 Å². The third-order valence-electron chi connectivity index (χ3n) is 3.40. The van der Waals surface area contributed by atoms with E-state index in [-0.39, 0.29) is 35.1 Å². The van der Waals surface area contributed by atoms with Crippen LogP contribution in [0, 0.1) is 0 Å². The molecular formula is C15H20N2O4S2. The smallest absolute Gasteiger partial charge is 0.252 e. The average molecular weight is 356 g/mol. The first kappa shape index (κ1) is 17.8. The van der Waals surface area contributed by atoms with E-state index >= 15 is 0 Å². The summed E-state index contributed by atoms with van der Waals surface area (Å²) in [6.45, 7) is 2.24. The molecule has 0 spiro atoms. The van der Waals surface area contributed by atoms with Crippen molar-refractivity contribution in [2.24, 2.45) is 0 Å². The second-order valence-electron chi connectivity index (χ2n) is 5.28. The van der Waals surface area contributed by atoms with Gasteiger partial charge in [0.15, 0.2) is 9.84 Å². The Bertz CT molecular complexity index is 688. The van der Waals surface area contributed by atoms with Crippen molar-refractivity contribution in [3.8, 4) is 0 Å². The highest BCUT2D eigenvalue weighted by atomic mass is 32.2. The minimum absolute atomic E-state index is 0.0302. The summed E-state index contributed by atoms with van der Waals surface area (Å²) in [7, 11) is -2.95. The van der Waals surface area contributed by atoms with Gasteiger partial charge in [0.05, 0.1) is 23.6 Å². The number of carbonyl (C=O) groups excluding carboxylic acids is 2.